The normalized spacial score (nSPS) is 11.5. The summed E-state index contributed by atoms with van der Waals surface area (Å²) in [7, 11) is -0.0556. The Morgan fingerprint density at radius 1 is 1.50 bits per heavy atom. The van der Waals surface area contributed by atoms with Crippen LogP contribution in [0.5, 0.6) is 0 Å². The topological polar surface area (TPSA) is 49.4 Å². The molecule has 0 aliphatic rings. The van der Waals surface area contributed by atoms with Crippen LogP contribution in [0.25, 0.3) is 0 Å². The first kappa shape index (κ1) is 11.4. The molecule has 1 N–H and O–H groups in total. The molecule has 0 rings (SSSR count). The molecule has 0 saturated carbocycles. The smallest absolute Gasteiger partial charge is 0.214 e. The molecule has 0 aliphatic heterocycles. The van der Waals surface area contributed by atoms with Gasteiger partial charge in [-0.05, 0) is 0 Å². The minimum Gasteiger partial charge on any atom is -0.305 e. The molecule has 5 heteroatoms. The number of sulfonamides is 1. The van der Waals surface area contributed by atoms with Gasteiger partial charge in [0.15, 0.2) is 0 Å². The van der Waals surface area contributed by atoms with Crippen LogP contribution in [-0.2, 0) is 10.0 Å². The highest BCUT2D eigenvalue weighted by Crippen LogP contribution is 1.91. The molecule has 0 atom stereocenters. The fourth-order valence-electron chi connectivity index (χ4n) is 0.544. The summed E-state index contributed by atoms with van der Waals surface area (Å²) in [6.07, 6.45) is 4.97. The molecule has 70 valence electrons. The molecule has 0 bridgehead atoms. The van der Waals surface area contributed by atoms with Crippen LogP contribution in [-0.4, -0.2) is 45.7 Å². The molecule has 0 spiro atoms. The van der Waals surface area contributed by atoms with Crippen LogP contribution < -0.4 is 5.32 Å². The van der Waals surface area contributed by atoms with Gasteiger partial charge in [-0.3, -0.25) is 0 Å². The molecule has 0 aromatic heterocycles. The van der Waals surface area contributed by atoms with Crippen molar-refractivity contribution in [3.05, 3.63) is 0 Å². The lowest BCUT2D eigenvalue weighted by Crippen LogP contribution is -2.31. The van der Waals surface area contributed by atoms with E-state index in [9.17, 15) is 8.42 Å². The van der Waals surface area contributed by atoms with Crippen molar-refractivity contribution in [2.24, 2.45) is 0 Å². The fourth-order valence-corrected chi connectivity index (χ4v) is 1.31. The molecule has 0 saturated heterocycles. The second-order valence-corrected chi connectivity index (χ2v) is 4.78. The summed E-state index contributed by atoms with van der Waals surface area (Å²) in [5, 5.41) is 2.80. The standard InChI is InChI=1S/C7H14N2O2S/c1-4-5-8-6-7-12(10,11)9(2)3/h1,8H,5-7H2,2-3H3. The number of terminal acetylenes is 1. The Morgan fingerprint density at radius 3 is 2.50 bits per heavy atom. The van der Waals surface area contributed by atoms with Gasteiger partial charge in [0.25, 0.3) is 0 Å². The number of rotatable bonds is 5. The van der Waals surface area contributed by atoms with Gasteiger partial charge < -0.3 is 5.32 Å². The van der Waals surface area contributed by atoms with Crippen molar-refractivity contribution in [1.29, 1.82) is 0 Å². The van der Waals surface area contributed by atoms with Crippen LogP contribution in [0.4, 0.5) is 0 Å². The van der Waals surface area contributed by atoms with Gasteiger partial charge >= 0.3 is 0 Å². The highest BCUT2D eigenvalue weighted by atomic mass is 32.2. The van der Waals surface area contributed by atoms with Crippen LogP contribution in [0.3, 0.4) is 0 Å². The van der Waals surface area contributed by atoms with Crippen molar-refractivity contribution in [3.8, 4) is 12.3 Å². The molecule has 0 unspecified atom stereocenters. The summed E-state index contributed by atoms with van der Waals surface area (Å²) in [5.41, 5.74) is 0. The van der Waals surface area contributed by atoms with E-state index in [1.54, 1.807) is 0 Å². The maximum absolute atomic E-state index is 11.1. The van der Waals surface area contributed by atoms with Gasteiger partial charge in [-0.1, -0.05) is 5.92 Å². The average molecular weight is 190 g/mol. The van der Waals surface area contributed by atoms with Crippen LogP contribution >= 0.6 is 0 Å². The highest BCUT2D eigenvalue weighted by Gasteiger charge is 2.11. The molecule has 0 aromatic carbocycles. The lowest BCUT2D eigenvalue weighted by atomic mass is 10.6. The Kier molecular flexibility index (Phi) is 4.90. The number of hydrogen-bond donors (Lipinski definition) is 1. The molecule has 0 radical (unpaired) electrons. The molecule has 0 fully saturated rings. The Morgan fingerprint density at radius 2 is 2.08 bits per heavy atom. The van der Waals surface area contributed by atoms with Gasteiger partial charge in [0.2, 0.25) is 10.0 Å². The lowest BCUT2D eigenvalue weighted by molar-refractivity contribution is 0.518. The van der Waals surface area contributed by atoms with Gasteiger partial charge in [-0.2, -0.15) is 0 Å². The van der Waals surface area contributed by atoms with Crippen LogP contribution in [0.15, 0.2) is 0 Å². The first-order valence-electron chi connectivity index (χ1n) is 3.55. The van der Waals surface area contributed by atoms with Crippen LogP contribution in [0.1, 0.15) is 0 Å². The summed E-state index contributed by atoms with van der Waals surface area (Å²) >= 11 is 0. The Balaban J connectivity index is 3.72. The van der Waals surface area contributed by atoms with Gasteiger partial charge in [-0.25, -0.2) is 12.7 Å². The van der Waals surface area contributed by atoms with E-state index in [-0.39, 0.29) is 5.75 Å². The average Bonchev–Trinajstić information content (AvgIpc) is 1.98. The summed E-state index contributed by atoms with van der Waals surface area (Å²) in [5.74, 6) is 2.45. The summed E-state index contributed by atoms with van der Waals surface area (Å²) in [4.78, 5) is 0. The predicted octanol–water partition coefficient (Wildman–Crippen LogP) is -0.899. The summed E-state index contributed by atoms with van der Waals surface area (Å²) in [6.45, 7) is 0.799. The third kappa shape index (κ3) is 4.34. The molecule has 0 aliphatic carbocycles. The summed E-state index contributed by atoms with van der Waals surface area (Å²) < 4.78 is 23.5. The van der Waals surface area contributed by atoms with E-state index < -0.39 is 10.0 Å². The first-order chi connectivity index (χ1) is 5.50. The first-order valence-corrected chi connectivity index (χ1v) is 5.16. The zero-order valence-corrected chi connectivity index (χ0v) is 8.19. The number of nitrogens with one attached hydrogen (secondary N) is 1. The van der Waals surface area contributed by atoms with Crippen LogP contribution in [0, 0.1) is 12.3 Å². The van der Waals surface area contributed by atoms with Gasteiger partial charge in [-0.15, -0.1) is 6.42 Å². The SMILES string of the molecule is C#CCNCCS(=O)(=O)N(C)C. The Bertz CT molecular complexity index is 251. The predicted molar refractivity (Wildman–Crippen MR) is 49.2 cm³/mol. The Hall–Kier alpha value is -0.570. The second-order valence-electron chi connectivity index (χ2n) is 2.48. The van der Waals surface area contributed by atoms with Gasteiger partial charge in [0, 0.05) is 20.6 Å². The molecule has 4 nitrogen and oxygen atoms in total. The van der Waals surface area contributed by atoms with E-state index in [4.69, 9.17) is 6.42 Å². The van der Waals surface area contributed by atoms with E-state index in [1.165, 1.54) is 18.4 Å². The van der Waals surface area contributed by atoms with E-state index in [0.717, 1.165) is 0 Å². The maximum atomic E-state index is 11.1. The minimum atomic E-state index is -3.08. The van der Waals surface area contributed by atoms with Gasteiger partial charge in [0.1, 0.15) is 0 Å². The molecular weight excluding hydrogens is 176 g/mol. The fraction of sp³-hybridized carbons (Fsp3) is 0.714. The van der Waals surface area contributed by atoms with E-state index in [2.05, 4.69) is 11.2 Å². The lowest BCUT2D eigenvalue weighted by Gasteiger charge is -2.10. The van der Waals surface area contributed by atoms with Gasteiger partial charge in [0.05, 0.1) is 12.3 Å². The van der Waals surface area contributed by atoms with Crippen molar-refractivity contribution in [3.63, 3.8) is 0 Å². The van der Waals surface area contributed by atoms with Crippen molar-refractivity contribution < 1.29 is 8.42 Å². The van der Waals surface area contributed by atoms with Crippen molar-refractivity contribution in [2.45, 2.75) is 0 Å². The largest absolute Gasteiger partial charge is 0.305 e. The molecule has 0 heterocycles. The second kappa shape index (κ2) is 5.14. The number of nitrogens with zero attached hydrogens (tertiary/aromatic N) is 1. The third-order valence-corrected chi connectivity index (χ3v) is 3.15. The molecule has 0 aromatic rings. The van der Waals surface area contributed by atoms with Crippen molar-refractivity contribution in [1.82, 2.24) is 9.62 Å². The van der Waals surface area contributed by atoms with E-state index in [1.807, 2.05) is 0 Å². The summed E-state index contributed by atoms with van der Waals surface area (Å²) in [6, 6.07) is 0. The van der Waals surface area contributed by atoms with Crippen molar-refractivity contribution >= 4 is 10.0 Å². The van der Waals surface area contributed by atoms with E-state index >= 15 is 0 Å². The molecule has 0 amide bonds. The number of hydrogen-bond acceptors (Lipinski definition) is 3. The molecular formula is C7H14N2O2S. The van der Waals surface area contributed by atoms with Crippen molar-refractivity contribution in [2.75, 3.05) is 32.9 Å². The molecule has 12 heavy (non-hydrogen) atoms. The van der Waals surface area contributed by atoms with Crippen LogP contribution in [0.2, 0.25) is 0 Å². The highest BCUT2D eigenvalue weighted by molar-refractivity contribution is 7.89. The third-order valence-electron chi connectivity index (χ3n) is 1.32. The quantitative estimate of drug-likeness (QED) is 0.451. The zero-order valence-electron chi connectivity index (χ0n) is 7.37. The maximum Gasteiger partial charge on any atom is 0.214 e. The van der Waals surface area contributed by atoms with E-state index in [0.29, 0.717) is 13.1 Å². The minimum absolute atomic E-state index is 0.0850. The monoisotopic (exact) mass is 190 g/mol. The Labute approximate surface area is 74.0 Å². The zero-order chi connectivity index (χ0) is 9.61.